The van der Waals surface area contributed by atoms with Gasteiger partial charge in [-0.15, -0.1) is 15.3 Å². The molecule has 0 atom stereocenters. The fraction of sp³-hybridized carbons (Fsp3) is 0.333. The number of rotatable bonds is 4. The first-order valence-corrected chi connectivity index (χ1v) is 8.02. The van der Waals surface area contributed by atoms with E-state index < -0.39 is 0 Å². The number of nitrogens with zero attached hydrogens (tertiary/aromatic N) is 5. The van der Waals surface area contributed by atoms with Crippen molar-refractivity contribution < 1.29 is 4.79 Å². The van der Waals surface area contributed by atoms with Crippen molar-refractivity contribution in [2.45, 2.75) is 26.7 Å². The van der Waals surface area contributed by atoms with E-state index in [4.69, 9.17) is 0 Å². The van der Waals surface area contributed by atoms with Gasteiger partial charge in [0, 0.05) is 18.2 Å². The van der Waals surface area contributed by atoms with Crippen LogP contribution in [0.25, 0.3) is 4.96 Å². The summed E-state index contributed by atoms with van der Waals surface area (Å²) in [7, 11) is 0. The van der Waals surface area contributed by atoms with E-state index in [1.54, 1.807) is 9.42 Å². The van der Waals surface area contributed by atoms with E-state index >= 15 is 0 Å². The molecule has 0 aliphatic rings. The lowest BCUT2D eigenvalue weighted by molar-refractivity contribution is 0.0987. The van der Waals surface area contributed by atoms with Crippen molar-refractivity contribution in [1.29, 1.82) is 0 Å². The van der Waals surface area contributed by atoms with Gasteiger partial charge < -0.3 is 4.90 Å². The molecule has 3 rings (SSSR count). The van der Waals surface area contributed by atoms with E-state index in [-0.39, 0.29) is 11.8 Å². The normalized spacial score (nSPS) is 11.3. The van der Waals surface area contributed by atoms with Gasteiger partial charge in [0.1, 0.15) is 0 Å². The Bertz CT molecular complexity index is 793. The van der Waals surface area contributed by atoms with Crippen molar-refractivity contribution in [1.82, 2.24) is 19.8 Å². The maximum Gasteiger partial charge on any atom is 0.289 e. The molecule has 6 nitrogen and oxygen atoms in total. The maximum atomic E-state index is 12.7. The first-order valence-electron chi connectivity index (χ1n) is 7.21. The standard InChI is InChI=1S/C15H17N5OS/c1-4-19(11-8-6-5-7-9-11)14(21)13-18-20-12(10(2)3)16-17-15(20)22-13/h5-10H,4H2,1-3H3. The zero-order valence-corrected chi connectivity index (χ0v) is 13.5. The molecule has 114 valence electrons. The van der Waals surface area contributed by atoms with Gasteiger partial charge in [-0.25, -0.2) is 0 Å². The van der Waals surface area contributed by atoms with Crippen LogP contribution in [0.2, 0.25) is 0 Å². The average Bonchev–Trinajstić information content (AvgIpc) is 3.08. The third-order valence-electron chi connectivity index (χ3n) is 3.34. The molecule has 0 spiro atoms. The molecule has 0 unspecified atom stereocenters. The molecule has 0 saturated carbocycles. The Morgan fingerprint density at radius 1 is 1.27 bits per heavy atom. The summed E-state index contributed by atoms with van der Waals surface area (Å²) in [5, 5.41) is 13.0. The summed E-state index contributed by atoms with van der Waals surface area (Å²) < 4.78 is 1.67. The lowest BCUT2D eigenvalue weighted by atomic mass is 10.2. The second kappa shape index (κ2) is 5.84. The predicted octanol–water partition coefficient (Wildman–Crippen LogP) is 2.98. The molecule has 2 aromatic heterocycles. The minimum atomic E-state index is -0.112. The molecule has 0 radical (unpaired) electrons. The number of para-hydroxylation sites is 1. The van der Waals surface area contributed by atoms with E-state index in [1.807, 2.05) is 51.1 Å². The molecular weight excluding hydrogens is 298 g/mol. The van der Waals surface area contributed by atoms with Gasteiger partial charge in [-0.1, -0.05) is 43.4 Å². The lowest BCUT2D eigenvalue weighted by Crippen LogP contribution is -2.30. The van der Waals surface area contributed by atoms with Crippen LogP contribution in [0.15, 0.2) is 30.3 Å². The number of anilines is 1. The average molecular weight is 315 g/mol. The molecule has 22 heavy (non-hydrogen) atoms. The third kappa shape index (κ3) is 2.48. The monoisotopic (exact) mass is 315 g/mol. The highest BCUT2D eigenvalue weighted by molar-refractivity contribution is 7.18. The van der Waals surface area contributed by atoms with Crippen LogP contribution in [0, 0.1) is 0 Å². The first-order chi connectivity index (χ1) is 10.6. The van der Waals surface area contributed by atoms with Crippen molar-refractivity contribution in [2.75, 3.05) is 11.4 Å². The molecule has 1 aromatic carbocycles. The summed E-state index contributed by atoms with van der Waals surface area (Å²) in [6.07, 6.45) is 0. The van der Waals surface area contributed by atoms with Gasteiger partial charge in [-0.3, -0.25) is 4.79 Å². The van der Waals surface area contributed by atoms with Crippen molar-refractivity contribution >= 4 is 27.9 Å². The summed E-state index contributed by atoms with van der Waals surface area (Å²) in [6.45, 7) is 6.59. The van der Waals surface area contributed by atoms with E-state index in [0.29, 0.717) is 16.5 Å². The van der Waals surface area contributed by atoms with Gasteiger partial charge in [0.25, 0.3) is 5.91 Å². The molecule has 0 bridgehead atoms. The molecule has 0 saturated heterocycles. The lowest BCUT2D eigenvalue weighted by Gasteiger charge is -2.19. The Labute approximate surface area is 132 Å². The van der Waals surface area contributed by atoms with Crippen molar-refractivity contribution in [3.05, 3.63) is 41.2 Å². The second-order valence-corrected chi connectivity index (χ2v) is 6.16. The smallest absolute Gasteiger partial charge is 0.289 e. The Hall–Kier alpha value is -2.28. The SMILES string of the molecule is CCN(C(=O)c1nn2c(C(C)C)nnc2s1)c1ccccc1. The van der Waals surface area contributed by atoms with Crippen molar-refractivity contribution in [2.24, 2.45) is 0 Å². The number of hydrogen-bond acceptors (Lipinski definition) is 5. The largest absolute Gasteiger partial charge is 0.307 e. The summed E-state index contributed by atoms with van der Waals surface area (Å²) in [5.41, 5.74) is 0.866. The van der Waals surface area contributed by atoms with E-state index in [2.05, 4.69) is 15.3 Å². The predicted molar refractivity (Wildman–Crippen MR) is 86.5 cm³/mol. The molecule has 0 aliphatic carbocycles. The van der Waals surface area contributed by atoms with Crippen LogP contribution >= 0.6 is 11.3 Å². The number of carbonyl (C=O) groups excluding carboxylic acids is 1. The van der Waals surface area contributed by atoms with Crippen LogP contribution in [0.5, 0.6) is 0 Å². The van der Waals surface area contributed by atoms with Crippen LogP contribution in [0.4, 0.5) is 5.69 Å². The number of amides is 1. The third-order valence-corrected chi connectivity index (χ3v) is 4.23. The van der Waals surface area contributed by atoms with E-state index in [1.165, 1.54) is 11.3 Å². The fourth-order valence-electron chi connectivity index (χ4n) is 2.25. The van der Waals surface area contributed by atoms with Crippen molar-refractivity contribution in [3.8, 4) is 0 Å². The highest BCUT2D eigenvalue weighted by atomic mass is 32.1. The van der Waals surface area contributed by atoms with Gasteiger partial charge in [0.2, 0.25) is 9.97 Å². The molecule has 1 amide bonds. The highest BCUT2D eigenvalue weighted by Crippen LogP contribution is 2.22. The fourth-order valence-corrected chi connectivity index (χ4v) is 3.04. The number of hydrogen-bond donors (Lipinski definition) is 0. The van der Waals surface area contributed by atoms with Gasteiger partial charge >= 0.3 is 0 Å². The number of aromatic nitrogens is 4. The maximum absolute atomic E-state index is 12.7. The molecule has 0 aliphatic heterocycles. The summed E-state index contributed by atoms with van der Waals surface area (Å²) in [6, 6.07) is 9.60. The summed E-state index contributed by atoms with van der Waals surface area (Å²) in [5.74, 6) is 0.864. The number of carbonyl (C=O) groups is 1. The molecule has 0 N–H and O–H groups in total. The highest BCUT2D eigenvalue weighted by Gasteiger charge is 2.22. The second-order valence-electron chi connectivity index (χ2n) is 5.20. The van der Waals surface area contributed by atoms with Gasteiger partial charge in [-0.2, -0.15) is 4.52 Å². The van der Waals surface area contributed by atoms with Crippen LogP contribution < -0.4 is 4.90 Å². The molecule has 0 fully saturated rings. The summed E-state index contributed by atoms with van der Waals surface area (Å²) >= 11 is 1.27. The Kier molecular flexibility index (Phi) is 3.89. The number of benzene rings is 1. The quantitative estimate of drug-likeness (QED) is 0.742. The molecule has 7 heteroatoms. The number of fused-ring (bicyclic) bond motifs is 1. The van der Waals surface area contributed by atoms with E-state index in [9.17, 15) is 4.79 Å². The van der Waals surface area contributed by atoms with Crippen LogP contribution in [-0.2, 0) is 0 Å². The Morgan fingerprint density at radius 3 is 2.64 bits per heavy atom. The zero-order chi connectivity index (χ0) is 15.7. The Balaban J connectivity index is 1.97. The Morgan fingerprint density at radius 2 is 2.00 bits per heavy atom. The van der Waals surface area contributed by atoms with Crippen LogP contribution in [0.3, 0.4) is 0 Å². The van der Waals surface area contributed by atoms with Crippen molar-refractivity contribution in [3.63, 3.8) is 0 Å². The van der Waals surface area contributed by atoms with Crippen LogP contribution in [0.1, 0.15) is 42.3 Å². The van der Waals surface area contributed by atoms with E-state index in [0.717, 1.165) is 11.5 Å². The van der Waals surface area contributed by atoms with Gasteiger partial charge in [-0.05, 0) is 19.1 Å². The zero-order valence-electron chi connectivity index (χ0n) is 12.7. The topological polar surface area (TPSA) is 63.4 Å². The van der Waals surface area contributed by atoms with Gasteiger partial charge in [0.15, 0.2) is 5.82 Å². The minimum Gasteiger partial charge on any atom is -0.307 e. The van der Waals surface area contributed by atoms with Gasteiger partial charge in [0.05, 0.1) is 0 Å². The summed E-state index contributed by atoms with van der Waals surface area (Å²) in [4.78, 5) is 15.1. The van der Waals surface area contributed by atoms with Crippen LogP contribution in [-0.4, -0.2) is 32.3 Å². The molecule has 3 aromatic rings. The minimum absolute atomic E-state index is 0.112. The molecule has 2 heterocycles. The first kappa shape index (κ1) is 14.6. The molecular formula is C15H17N5OS.